The fourth-order valence-electron chi connectivity index (χ4n) is 3.45. The van der Waals surface area contributed by atoms with Gasteiger partial charge in [0.2, 0.25) is 5.91 Å². The standard InChI is InChI=1S/C14H28N4O/c1-10(2)18-12(7-11-8-15-9-13(11)18)14(19)16-5-6-17(3)4/h10-13,15H,5-9H2,1-4H3,(H,16,19)/t11-,12+,13+/m1/s1. The minimum absolute atomic E-state index is 0.0688. The zero-order valence-electron chi connectivity index (χ0n) is 12.6. The van der Waals surface area contributed by atoms with Crippen LogP contribution in [0.2, 0.25) is 0 Å². The third kappa shape index (κ3) is 3.27. The number of likely N-dealkylation sites (N-methyl/N-ethyl adjacent to an activating group) is 1. The van der Waals surface area contributed by atoms with Crippen LogP contribution >= 0.6 is 0 Å². The molecule has 2 heterocycles. The van der Waals surface area contributed by atoms with Crippen molar-refractivity contribution in [2.45, 2.75) is 38.4 Å². The minimum atomic E-state index is 0.0688. The Morgan fingerprint density at radius 1 is 1.42 bits per heavy atom. The van der Waals surface area contributed by atoms with Crippen molar-refractivity contribution in [1.82, 2.24) is 20.4 Å². The molecule has 0 saturated carbocycles. The Labute approximate surface area is 116 Å². The van der Waals surface area contributed by atoms with Gasteiger partial charge in [-0.15, -0.1) is 0 Å². The summed E-state index contributed by atoms with van der Waals surface area (Å²) >= 11 is 0. The number of rotatable bonds is 5. The van der Waals surface area contributed by atoms with Gasteiger partial charge in [0.15, 0.2) is 0 Å². The first kappa shape index (κ1) is 14.8. The number of amides is 1. The summed E-state index contributed by atoms with van der Waals surface area (Å²) in [4.78, 5) is 16.9. The van der Waals surface area contributed by atoms with Gasteiger partial charge < -0.3 is 15.5 Å². The Morgan fingerprint density at radius 3 is 2.79 bits per heavy atom. The molecule has 0 aromatic rings. The molecule has 2 aliphatic rings. The second-order valence-electron chi connectivity index (χ2n) is 6.37. The predicted octanol–water partition coefficient (Wildman–Crippen LogP) is -0.265. The molecule has 0 aromatic carbocycles. The van der Waals surface area contributed by atoms with Crippen molar-refractivity contribution in [1.29, 1.82) is 0 Å². The lowest BCUT2D eigenvalue weighted by atomic mass is 10.0. The van der Waals surface area contributed by atoms with Crippen LogP contribution in [0.25, 0.3) is 0 Å². The number of hydrogen-bond acceptors (Lipinski definition) is 4. The molecule has 0 aromatic heterocycles. The van der Waals surface area contributed by atoms with Gasteiger partial charge in [-0.1, -0.05) is 0 Å². The van der Waals surface area contributed by atoms with Crippen molar-refractivity contribution in [3.8, 4) is 0 Å². The maximum absolute atomic E-state index is 12.4. The van der Waals surface area contributed by atoms with E-state index in [0.29, 0.717) is 18.0 Å². The van der Waals surface area contributed by atoms with Crippen LogP contribution in [0.1, 0.15) is 20.3 Å². The Kier molecular flexibility index (Phi) is 4.81. The monoisotopic (exact) mass is 268 g/mol. The van der Waals surface area contributed by atoms with Crippen molar-refractivity contribution >= 4 is 5.91 Å². The highest BCUT2D eigenvalue weighted by molar-refractivity contribution is 5.82. The number of carbonyl (C=O) groups is 1. The number of likely N-dealkylation sites (tertiary alicyclic amines) is 1. The summed E-state index contributed by atoms with van der Waals surface area (Å²) < 4.78 is 0. The normalized spacial score (nSPS) is 31.2. The highest BCUT2D eigenvalue weighted by atomic mass is 16.2. The van der Waals surface area contributed by atoms with E-state index in [9.17, 15) is 4.79 Å². The quantitative estimate of drug-likeness (QED) is 0.721. The molecule has 110 valence electrons. The summed E-state index contributed by atoms with van der Waals surface area (Å²) in [7, 11) is 4.05. The molecule has 2 saturated heterocycles. The maximum atomic E-state index is 12.4. The van der Waals surface area contributed by atoms with Gasteiger partial charge >= 0.3 is 0 Å². The zero-order chi connectivity index (χ0) is 14.0. The average molecular weight is 268 g/mol. The summed E-state index contributed by atoms with van der Waals surface area (Å²) in [5.41, 5.74) is 0. The van der Waals surface area contributed by atoms with E-state index in [0.717, 1.165) is 32.6 Å². The second-order valence-corrected chi connectivity index (χ2v) is 6.37. The Bertz CT molecular complexity index is 319. The molecule has 2 rings (SSSR count). The third-order valence-electron chi connectivity index (χ3n) is 4.33. The lowest BCUT2D eigenvalue weighted by Gasteiger charge is -2.32. The molecule has 0 bridgehead atoms. The van der Waals surface area contributed by atoms with Crippen LogP contribution in [0.4, 0.5) is 0 Å². The van der Waals surface area contributed by atoms with Crippen molar-refractivity contribution < 1.29 is 4.79 Å². The molecule has 2 fully saturated rings. The van der Waals surface area contributed by atoms with E-state index in [4.69, 9.17) is 0 Å². The van der Waals surface area contributed by atoms with Gasteiger partial charge in [0.25, 0.3) is 0 Å². The predicted molar refractivity (Wildman–Crippen MR) is 77.1 cm³/mol. The first-order chi connectivity index (χ1) is 9.00. The topological polar surface area (TPSA) is 47.6 Å². The molecule has 2 aliphatic heterocycles. The van der Waals surface area contributed by atoms with Gasteiger partial charge in [0, 0.05) is 31.7 Å². The van der Waals surface area contributed by atoms with E-state index >= 15 is 0 Å². The van der Waals surface area contributed by atoms with Gasteiger partial charge in [0.1, 0.15) is 0 Å². The Hall–Kier alpha value is -0.650. The second kappa shape index (κ2) is 6.20. The summed E-state index contributed by atoms with van der Waals surface area (Å²) in [5, 5.41) is 6.53. The molecule has 0 spiro atoms. The van der Waals surface area contributed by atoms with E-state index in [-0.39, 0.29) is 11.9 Å². The SMILES string of the molecule is CC(C)N1[C@H](C(=O)NCCN(C)C)C[C@@H]2CNC[C@@H]21. The van der Waals surface area contributed by atoms with Gasteiger partial charge in [-0.2, -0.15) is 0 Å². The van der Waals surface area contributed by atoms with E-state index in [1.54, 1.807) is 0 Å². The molecular formula is C14H28N4O. The summed E-state index contributed by atoms with van der Waals surface area (Å²) in [6, 6.07) is 1.04. The van der Waals surface area contributed by atoms with E-state index in [2.05, 4.69) is 34.3 Å². The van der Waals surface area contributed by atoms with Crippen LogP contribution in [0.3, 0.4) is 0 Å². The van der Waals surface area contributed by atoms with Gasteiger partial charge in [-0.05, 0) is 46.8 Å². The number of carbonyl (C=O) groups excluding carboxylic acids is 1. The number of nitrogens with zero attached hydrogens (tertiary/aromatic N) is 2. The lowest BCUT2D eigenvalue weighted by Crippen LogP contribution is -2.51. The fourth-order valence-corrected chi connectivity index (χ4v) is 3.45. The van der Waals surface area contributed by atoms with Crippen LogP contribution in [0.5, 0.6) is 0 Å². The molecule has 19 heavy (non-hydrogen) atoms. The molecule has 3 atom stereocenters. The van der Waals surface area contributed by atoms with Crippen LogP contribution in [-0.4, -0.2) is 74.1 Å². The van der Waals surface area contributed by atoms with E-state index < -0.39 is 0 Å². The van der Waals surface area contributed by atoms with Gasteiger partial charge in [-0.3, -0.25) is 9.69 Å². The summed E-state index contributed by atoms with van der Waals surface area (Å²) in [6.45, 7) is 8.12. The molecule has 5 heteroatoms. The zero-order valence-corrected chi connectivity index (χ0v) is 12.6. The third-order valence-corrected chi connectivity index (χ3v) is 4.33. The molecular weight excluding hydrogens is 240 g/mol. The smallest absolute Gasteiger partial charge is 0.237 e. The number of nitrogens with one attached hydrogen (secondary N) is 2. The highest BCUT2D eigenvalue weighted by Gasteiger charge is 2.47. The van der Waals surface area contributed by atoms with Crippen LogP contribution in [0, 0.1) is 5.92 Å². The minimum Gasteiger partial charge on any atom is -0.353 e. The van der Waals surface area contributed by atoms with E-state index in [1.807, 2.05) is 14.1 Å². The fraction of sp³-hybridized carbons (Fsp3) is 0.929. The largest absolute Gasteiger partial charge is 0.353 e. The van der Waals surface area contributed by atoms with Crippen LogP contribution in [0.15, 0.2) is 0 Å². The maximum Gasteiger partial charge on any atom is 0.237 e. The number of fused-ring (bicyclic) bond motifs is 1. The molecule has 1 amide bonds. The average Bonchev–Trinajstić information content (AvgIpc) is 2.86. The van der Waals surface area contributed by atoms with Crippen LogP contribution < -0.4 is 10.6 Å². The summed E-state index contributed by atoms with van der Waals surface area (Å²) in [6.07, 6.45) is 1.00. The van der Waals surface area contributed by atoms with E-state index in [1.165, 1.54) is 0 Å². The molecule has 0 unspecified atom stereocenters. The number of hydrogen-bond donors (Lipinski definition) is 2. The molecule has 0 radical (unpaired) electrons. The summed E-state index contributed by atoms with van der Waals surface area (Å²) in [5.74, 6) is 0.858. The molecule has 2 N–H and O–H groups in total. The lowest BCUT2D eigenvalue weighted by molar-refractivity contribution is -0.126. The first-order valence-electron chi connectivity index (χ1n) is 7.41. The Balaban J connectivity index is 1.93. The van der Waals surface area contributed by atoms with Crippen LogP contribution in [-0.2, 0) is 4.79 Å². The van der Waals surface area contributed by atoms with Gasteiger partial charge in [-0.25, -0.2) is 0 Å². The highest BCUT2D eigenvalue weighted by Crippen LogP contribution is 2.33. The Morgan fingerprint density at radius 2 is 2.16 bits per heavy atom. The van der Waals surface area contributed by atoms with Crippen molar-refractivity contribution in [2.75, 3.05) is 40.3 Å². The van der Waals surface area contributed by atoms with Crippen molar-refractivity contribution in [3.05, 3.63) is 0 Å². The van der Waals surface area contributed by atoms with Crippen molar-refractivity contribution in [3.63, 3.8) is 0 Å². The van der Waals surface area contributed by atoms with Gasteiger partial charge in [0.05, 0.1) is 6.04 Å². The molecule has 5 nitrogen and oxygen atoms in total. The molecule has 0 aliphatic carbocycles. The first-order valence-corrected chi connectivity index (χ1v) is 7.41. The van der Waals surface area contributed by atoms with Crippen molar-refractivity contribution in [2.24, 2.45) is 5.92 Å².